The fourth-order valence-electron chi connectivity index (χ4n) is 3.53. The molecule has 0 aliphatic heterocycles. The highest BCUT2D eigenvalue weighted by atomic mass is 16.5. The minimum atomic E-state index is 0.0946. The summed E-state index contributed by atoms with van der Waals surface area (Å²) in [5.74, 6) is 1.55. The third kappa shape index (κ3) is 3.86. The van der Waals surface area contributed by atoms with E-state index in [1.165, 1.54) is 12.8 Å². The van der Waals surface area contributed by atoms with Crippen LogP contribution in [0.4, 0.5) is 0 Å². The monoisotopic (exact) mass is 342 g/mol. The number of nitrogens with zero attached hydrogens (tertiary/aromatic N) is 2. The number of carbonyl (C=O) groups excluding carboxylic acids is 1. The largest absolute Gasteiger partial charge is 0.489 e. The van der Waals surface area contributed by atoms with Gasteiger partial charge in [0.05, 0.1) is 11.3 Å². The minimum absolute atomic E-state index is 0.0946. The van der Waals surface area contributed by atoms with Gasteiger partial charge in [0.2, 0.25) is 0 Å². The maximum atomic E-state index is 12.9. The summed E-state index contributed by atoms with van der Waals surface area (Å²) in [4.78, 5) is 14.9. The third-order valence-electron chi connectivity index (χ3n) is 5.01. The highest BCUT2D eigenvalue weighted by Crippen LogP contribution is 2.26. The Kier molecular flexibility index (Phi) is 5.41. The average Bonchev–Trinajstić information content (AvgIpc) is 3.25. The number of ether oxygens (including phenoxy) is 1. The summed E-state index contributed by atoms with van der Waals surface area (Å²) in [6.45, 7) is 6.95. The van der Waals surface area contributed by atoms with E-state index in [4.69, 9.17) is 9.26 Å². The second kappa shape index (κ2) is 7.72. The molecule has 3 rings (SSSR count). The molecule has 1 saturated carbocycles. The predicted molar refractivity (Wildman–Crippen MR) is 95.7 cm³/mol. The SMILES string of the molecule is CCN(C(=O)c1cccc(OCc2c(C)noc2C)c1)C1CCCC1. The molecular formula is C20H26N2O3. The molecule has 1 heterocycles. The third-order valence-corrected chi connectivity index (χ3v) is 5.01. The Balaban J connectivity index is 1.71. The summed E-state index contributed by atoms with van der Waals surface area (Å²) in [5, 5.41) is 3.94. The Morgan fingerprint density at radius 3 is 2.72 bits per heavy atom. The van der Waals surface area contributed by atoms with Gasteiger partial charge in [-0.2, -0.15) is 0 Å². The molecule has 0 spiro atoms. The van der Waals surface area contributed by atoms with Crippen molar-refractivity contribution in [2.75, 3.05) is 6.54 Å². The molecule has 0 N–H and O–H groups in total. The van der Waals surface area contributed by atoms with Crippen LogP contribution < -0.4 is 4.74 Å². The molecule has 25 heavy (non-hydrogen) atoms. The number of aromatic nitrogens is 1. The van der Waals surface area contributed by atoms with Gasteiger partial charge >= 0.3 is 0 Å². The first-order chi connectivity index (χ1) is 12.1. The van der Waals surface area contributed by atoms with E-state index in [9.17, 15) is 4.79 Å². The zero-order valence-electron chi connectivity index (χ0n) is 15.2. The molecule has 5 nitrogen and oxygen atoms in total. The quantitative estimate of drug-likeness (QED) is 0.786. The highest BCUT2D eigenvalue weighted by Gasteiger charge is 2.26. The van der Waals surface area contributed by atoms with Gasteiger partial charge in [0.1, 0.15) is 18.1 Å². The van der Waals surface area contributed by atoms with Gasteiger partial charge in [-0.05, 0) is 51.8 Å². The first-order valence-corrected chi connectivity index (χ1v) is 9.05. The lowest BCUT2D eigenvalue weighted by Crippen LogP contribution is -2.38. The molecular weight excluding hydrogens is 316 g/mol. The Labute approximate surface area is 148 Å². The van der Waals surface area contributed by atoms with Crippen LogP contribution in [0.2, 0.25) is 0 Å². The molecule has 0 radical (unpaired) electrons. The lowest BCUT2D eigenvalue weighted by atomic mass is 10.1. The van der Waals surface area contributed by atoms with Crippen LogP contribution in [0.3, 0.4) is 0 Å². The number of benzene rings is 1. The van der Waals surface area contributed by atoms with Crippen molar-refractivity contribution in [1.82, 2.24) is 10.1 Å². The van der Waals surface area contributed by atoms with Gasteiger partial charge < -0.3 is 14.2 Å². The first-order valence-electron chi connectivity index (χ1n) is 9.05. The van der Waals surface area contributed by atoms with E-state index in [-0.39, 0.29) is 5.91 Å². The molecule has 1 aliphatic rings. The van der Waals surface area contributed by atoms with E-state index >= 15 is 0 Å². The number of rotatable bonds is 6. The van der Waals surface area contributed by atoms with Crippen LogP contribution in [0.5, 0.6) is 5.75 Å². The molecule has 0 bridgehead atoms. The lowest BCUT2D eigenvalue weighted by Gasteiger charge is -2.27. The van der Waals surface area contributed by atoms with Gasteiger partial charge in [-0.25, -0.2) is 0 Å². The summed E-state index contributed by atoms with van der Waals surface area (Å²) in [6.07, 6.45) is 4.66. The summed E-state index contributed by atoms with van der Waals surface area (Å²) >= 11 is 0. The standard InChI is InChI=1S/C20H26N2O3/c1-4-22(17-9-5-6-10-17)20(23)16-8-7-11-18(12-16)24-13-19-14(2)21-25-15(19)3/h7-8,11-12,17H,4-6,9-10,13H2,1-3H3. The van der Waals surface area contributed by atoms with Crippen molar-refractivity contribution < 1.29 is 14.1 Å². The van der Waals surface area contributed by atoms with Crippen molar-refractivity contribution in [1.29, 1.82) is 0 Å². The first kappa shape index (κ1) is 17.5. The fourth-order valence-corrected chi connectivity index (χ4v) is 3.53. The minimum Gasteiger partial charge on any atom is -0.489 e. The van der Waals surface area contributed by atoms with Gasteiger partial charge in [-0.3, -0.25) is 4.79 Å². The predicted octanol–water partition coefficient (Wildman–Crippen LogP) is 4.28. The van der Waals surface area contributed by atoms with Gasteiger partial charge in [-0.15, -0.1) is 0 Å². The average molecular weight is 342 g/mol. The van der Waals surface area contributed by atoms with Crippen molar-refractivity contribution in [3.8, 4) is 5.75 Å². The molecule has 0 unspecified atom stereocenters. The molecule has 1 aromatic carbocycles. The summed E-state index contributed by atoms with van der Waals surface area (Å²) in [7, 11) is 0. The van der Waals surface area contributed by atoms with Crippen LogP contribution in [-0.4, -0.2) is 28.6 Å². The zero-order valence-corrected chi connectivity index (χ0v) is 15.2. The van der Waals surface area contributed by atoms with Crippen molar-refractivity contribution in [2.45, 2.75) is 59.1 Å². The molecule has 5 heteroatoms. The van der Waals surface area contributed by atoms with E-state index in [2.05, 4.69) is 5.16 Å². The van der Waals surface area contributed by atoms with Crippen LogP contribution in [0.15, 0.2) is 28.8 Å². The van der Waals surface area contributed by atoms with E-state index < -0.39 is 0 Å². The van der Waals surface area contributed by atoms with Crippen LogP contribution in [-0.2, 0) is 6.61 Å². The number of amides is 1. The maximum absolute atomic E-state index is 12.9. The molecule has 134 valence electrons. The fraction of sp³-hybridized carbons (Fsp3) is 0.500. The Morgan fingerprint density at radius 1 is 1.32 bits per heavy atom. The zero-order chi connectivity index (χ0) is 17.8. The van der Waals surface area contributed by atoms with E-state index in [1.807, 2.05) is 49.9 Å². The van der Waals surface area contributed by atoms with E-state index in [0.29, 0.717) is 24.0 Å². The summed E-state index contributed by atoms with van der Waals surface area (Å²) in [6, 6.07) is 7.82. The molecule has 0 saturated heterocycles. The second-order valence-corrected chi connectivity index (χ2v) is 6.65. The molecule has 1 aliphatic carbocycles. The number of carbonyl (C=O) groups is 1. The topological polar surface area (TPSA) is 55.6 Å². The molecule has 0 atom stereocenters. The Bertz CT molecular complexity index is 713. The van der Waals surface area contributed by atoms with Gasteiger partial charge in [-0.1, -0.05) is 24.1 Å². The van der Waals surface area contributed by atoms with Crippen molar-refractivity contribution >= 4 is 5.91 Å². The van der Waals surface area contributed by atoms with Gasteiger partial charge in [0.25, 0.3) is 5.91 Å². The Morgan fingerprint density at radius 2 is 2.08 bits per heavy atom. The lowest BCUT2D eigenvalue weighted by molar-refractivity contribution is 0.0693. The van der Waals surface area contributed by atoms with Crippen LogP contribution in [0.25, 0.3) is 0 Å². The number of aryl methyl sites for hydroxylation is 2. The molecule has 1 aromatic heterocycles. The Hall–Kier alpha value is -2.30. The number of hydrogen-bond donors (Lipinski definition) is 0. The van der Waals surface area contributed by atoms with Crippen LogP contribution in [0, 0.1) is 13.8 Å². The normalized spacial score (nSPS) is 14.7. The van der Waals surface area contributed by atoms with Crippen molar-refractivity contribution in [2.24, 2.45) is 0 Å². The number of hydrogen-bond acceptors (Lipinski definition) is 4. The maximum Gasteiger partial charge on any atom is 0.254 e. The molecule has 1 amide bonds. The van der Waals surface area contributed by atoms with E-state index in [1.54, 1.807) is 0 Å². The smallest absolute Gasteiger partial charge is 0.254 e. The van der Waals surface area contributed by atoms with E-state index in [0.717, 1.165) is 36.4 Å². The van der Waals surface area contributed by atoms with Gasteiger partial charge in [0, 0.05) is 18.2 Å². The van der Waals surface area contributed by atoms with Crippen LogP contribution in [0.1, 0.15) is 60.0 Å². The highest BCUT2D eigenvalue weighted by molar-refractivity contribution is 5.94. The molecule has 2 aromatic rings. The van der Waals surface area contributed by atoms with Gasteiger partial charge in [0.15, 0.2) is 0 Å². The summed E-state index contributed by atoms with van der Waals surface area (Å²) < 4.78 is 11.0. The molecule has 1 fully saturated rings. The van der Waals surface area contributed by atoms with Crippen LogP contribution >= 0.6 is 0 Å². The van der Waals surface area contributed by atoms with Crippen molar-refractivity contribution in [3.05, 3.63) is 46.8 Å². The van der Waals surface area contributed by atoms with Crippen molar-refractivity contribution in [3.63, 3.8) is 0 Å². The second-order valence-electron chi connectivity index (χ2n) is 6.65. The summed E-state index contributed by atoms with van der Waals surface area (Å²) in [5.41, 5.74) is 2.48.